The van der Waals surface area contributed by atoms with E-state index in [1.807, 2.05) is 0 Å². The van der Waals surface area contributed by atoms with Gasteiger partial charge in [0.1, 0.15) is 0 Å². The maximum atomic E-state index is 0. The Kier molecular flexibility index (Phi) is 782. The summed E-state index contributed by atoms with van der Waals surface area (Å²) in [5.41, 5.74) is 0. The Morgan fingerprint density at radius 2 is 0.800 bits per heavy atom. The van der Waals surface area contributed by atoms with Crippen LogP contribution in [-0.2, 0) is 27.4 Å². The summed E-state index contributed by atoms with van der Waals surface area (Å²) in [4.78, 5) is 0. The Labute approximate surface area is 68.0 Å². The molecule has 0 amide bonds. The second-order valence-corrected chi connectivity index (χ2v) is 0. The zero-order chi connectivity index (χ0) is 0. The van der Waals surface area contributed by atoms with E-state index < -0.39 is 0 Å². The van der Waals surface area contributed by atoms with Gasteiger partial charge in [-0.3, -0.25) is 0 Å². The molecule has 0 radical (unpaired) electrons. The topological polar surface area (TPSA) is 87.0 Å². The van der Waals surface area contributed by atoms with Crippen LogP contribution in [0.25, 0.3) is 0 Å². The average Bonchev–Trinajstić information content (AvgIpc) is 0. The van der Waals surface area contributed by atoms with Crippen LogP contribution in [0.2, 0.25) is 0 Å². The molecule has 0 saturated carbocycles. The summed E-state index contributed by atoms with van der Waals surface area (Å²) < 4.78 is 0. The first-order valence-electron chi connectivity index (χ1n) is 0. The molecule has 1 N–H and O–H groups in total. The largest absolute Gasteiger partial charge is 3.00 e. The predicted molar refractivity (Wildman–Crippen MR) is 3.31 cm³/mol. The molecule has 0 aliphatic rings. The van der Waals surface area contributed by atoms with Gasteiger partial charge in [-0.1, -0.05) is 0 Å². The first-order valence-corrected chi connectivity index (χ1v) is 0. The van der Waals surface area contributed by atoms with Gasteiger partial charge in [-0.2, -0.15) is 0 Å². The second-order valence-electron chi connectivity index (χ2n) is 0. The zero-order valence-electron chi connectivity index (χ0n) is 2.16. The fourth-order valence-electron chi connectivity index (χ4n) is 0. The molecule has 32 valence electrons. The van der Waals surface area contributed by atoms with E-state index in [4.69, 9.17) is 0 Å². The number of hydrogen-bond donors (Lipinski definition) is 0. The molecule has 3 nitrogen and oxygen atoms in total. The summed E-state index contributed by atoms with van der Waals surface area (Å²) in [5, 5.41) is 0. The third kappa shape index (κ3) is 28.8. The van der Waals surface area contributed by atoms with Crippen LogP contribution in [0.15, 0.2) is 0 Å². The molecule has 0 aliphatic heterocycles. The van der Waals surface area contributed by atoms with Crippen molar-refractivity contribution in [2.45, 2.75) is 0 Å². The normalized spacial score (nSPS) is 0. The zero-order valence-corrected chi connectivity index (χ0v) is 6.77. The number of rotatable bonds is 0. The van der Waals surface area contributed by atoms with Gasteiger partial charge in [0.2, 0.25) is 0 Å². The first-order chi connectivity index (χ1) is 0. The molecular formula is HLaNiO3. The van der Waals surface area contributed by atoms with Gasteiger partial charge in [-0.15, -0.1) is 0 Å². The third-order valence-electron chi connectivity index (χ3n) is 0. The van der Waals surface area contributed by atoms with Gasteiger partial charge in [0.25, 0.3) is 0 Å². The molecule has 0 heterocycles. The van der Waals surface area contributed by atoms with E-state index in [0.29, 0.717) is 0 Å². The minimum absolute atomic E-state index is 0. The van der Waals surface area contributed by atoms with E-state index in [2.05, 4.69) is 0 Å². The van der Waals surface area contributed by atoms with Crippen LogP contribution in [0.1, 0.15) is 0 Å². The van der Waals surface area contributed by atoms with Gasteiger partial charge in [0.15, 0.2) is 0 Å². The van der Waals surface area contributed by atoms with Crippen LogP contribution in [0, 0.1) is 35.6 Å². The maximum absolute atomic E-state index is 0. The molecule has 0 fully saturated rings. The van der Waals surface area contributed by atoms with Crippen LogP contribution in [0.3, 0.4) is 0 Å². The number of hydrogen-bond acceptors (Lipinski definition) is 1. The Bertz CT molecular complexity index is 6.85. The molecular weight excluding hydrogens is 246 g/mol. The molecule has 0 aromatic heterocycles. The van der Waals surface area contributed by atoms with Crippen LogP contribution in [-0.4, -0.2) is 5.48 Å². The smallest absolute Gasteiger partial charge is 2.00 e. The molecule has 0 saturated heterocycles. The Morgan fingerprint density at radius 3 is 0.800 bits per heavy atom. The van der Waals surface area contributed by atoms with Crippen molar-refractivity contribution >= 4 is 0 Å². The molecule has 5 heavy (non-hydrogen) atoms. The molecule has 0 bridgehead atoms. The van der Waals surface area contributed by atoms with Crippen molar-refractivity contribution in [2.24, 2.45) is 0 Å². The van der Waals surface area contributed by atoms with E-state index in [0.717, 1.165) is 0 Å². The molecule has 5 heteroatoms. The van der Waals surface area contributed by atoms with Crippen LogP contribution < -0.4 is 0 Å². The van der Waals surface area contributed by atoms with Gasteiger partial charge in [0.05, 0.1) is 0 Å². The van der Waals surface area contributed by atoms with Crippen LogP contribution in [0.4, 0.5) is 0 Å². The van der Waals surface area contributed by atoms with Crippen molar-refractivity contribution < 1.29 is 68.5 Å². The Morgan fingerprint density at radius 1 is 0.800 bits per heavy atom. The van der Waals surface area contributed by atoms with Crippen molar-refractivity contribution in [3.05, 3.63) is 0 Å². The van der Waals surface area contributed by atoms with Gasteiger partial charge in [-0.25, -0.2) is 0 Å². The SMILES string of the molecule is [La+3].[Ni+2].[O-2].[O-2].[OH-]. The predicted octanol–water partition coefficient (Wildman–Crippen LogP) is -0.417. The molecule has 0 unspecified atom stereocenters. The monoisotopic (exact) mass is 246 g/mol. The summed E-state index contributed by atoms with van der Waals surface area (Å²) in [6, 6.07) is 0. The van der Waals surface area contributed by atoms with Crippen molar-refractivity contribution in [1.29, 1.82) is 0 Å². The molecule has 0 atom stereocenters. The minimum Gasteiger partial charge on any atom is -2.00 e. The van der Waals surface area contributed by atoms with Crippen molar-refractivity contribution in [3.8, 4) is 0 Å². The summed E-state index contributed by atoms with van der Waals surface area (Å²) in [5.74, 6) is 0. The van der Waals surface area contributed by atoms with Gasteiger partial charge < -0.3 is 16.4 Å². The third-order valence-corrected chi connectivity index (χ3v) is 0. The maximum Gasteiger partial charge on any atom is 3.00 e. The fourth-order valence-corrected chi connectivity index (χ4v) is 0. The average molecular weight is 247 g/mol. The Hall–Kier alpha value is 1.57. The summed E-state index contributed by atoms with van der Waals surface area (Å²) in [7, 11) is 0. The van der Waals surface area contributed by atoms with Crippen molar-refractivity contribution in [3.63, 3.8) is 0 Å². The molecule has 0 aromatic carbocycles. The van der Waals surface area contributed by atoms with Crippen LogP contribution in [0.5, 0.6) is 0 Å². The van der Waals surface area contributed by atoms with Crippen molar-refractivity contribution in [2.75, 3.05) is 0 Å². The van der Waals surface area contributed by atoms with Gasteiger partial charge in [-0.05, 0) is 0 Å². The standard InChI is InChI=1S/La.Ni.H2O.2O/h;;1H2;;/q+3;+2;;2*-2/p-1. The van der Waals surface area contributed by atoms with E-state index in [1.165, 1.54) is 0 Å². The van der Waals surface area contributed by atoms with E-state index in [9.17, 15) is 0 Å². The Balaban J connectivity index is 0. The first kappa shape index (κ1) is 82.8. The summed E-state index contributed by atoms with van der Waals surface area (Å²) in [6.45, 7) is 0. The van der Waals surface area contributed by atoms with Gasteiger partial charge >= 0.3 is 52.1 Å². The van der Waals surface area contributed by atoms with E-state index >= 15 is 0 Å². The molecule has 0 aromatic rings. The molecule has 0 rings (SSSR count). The van der Waals surface area contributed by atoms with Gasteiger partial charge in [0, 0.05) is 0 Å². The molecule has 0 spiro atoms. The van der Waals surface area contributed by atoms with Crippen LogP contribution >= 0.6 is 0 Å². The fraction of sp³-hybridized carbons (Fsp3) is 0. The second kappa shape index (κ2) is 47.2. The molecule has 0 aliphatic carbocycles. The van der Waals surface area contributed by atoms with E-state index in [-0.39, 0.29) is 68.5 Å². The van der Waals surface area contributed by atoms with Crippen molar-refractivity contribution in [1.82, 2.24) is 0 Å². The summed E-state index contributed by atoms with van der Waals surface area (Å²) >= 11 is 0. The quantitative estimate of drug-likeness (QED) is 0.534. The summed E-state index contributed by atoms with van der Waals surface area (Å²) in [6.07, 6.45) is 0. The van der Waals surface area contributed by atoms with E-state index in [1.54, 1.807) is 0 Å². The minimum atomic E-state index is 0.